The van der Waals surface area contributed by atoms with Crippen molar-refractivity contribution < 1.29 is 9.57 Å². The monoisotopic (exact) mass is 271 g/mol. The minimum atomic E-state index is 0.657. The maximum atomic E-state index is 5.27. The SMILES string of the molecule is CO[n+]1c(C)cccc1N=Nc1ccc(N(C)C)cc1. The van der Waals surface area contributed by atoms with Gasteiger partial charge in [-0.15, -0.1) is 0 Å². The summed E-state index contributed by atoms with van der Waals surface area (Å²) in [6.45, 7) is 1.95. The molecule has 0 N–H and O–H groups in total. The minimum Gasteiger partial charge on any atom is -0.378 e. The van der Waals surface area contributed by atoms with Crippen LogP contribution in [-0.4, -0.2) is 21.2 Å². The first-order valence-corrected chi connectivity index (χ1v) is 6.37. The van der Waals surface area contributed by atoms with Gasteiger partial charge in [-0.3, -0.25) is 0 Å². The standard InChI is InChI=1S/C15H19N4O/c1-12-6-5-7-15(19(12)20-4)17-16-13-8-10-14(11-9-13)18(2)3/h5-11H,1-4H3/q+1. The second-order valence-electron chi connectivity index (χ2n) is 4.61. The van der Waals surface area contributed by atoms with Crippen LogP contribution in [0.4, 0.5) is 17.2 Å². The van der Waals surface area contributed by atoms with Crippen molar-refractivity contribution >= 4 is 17.2 Å². The molecule has 2 aromatic rings. The van der Waals surface area contributed by atoms with E-state index in [0.29, 0.717) is 5.82 Å². The molecular formula is C15H19N4O+. The maximum Gasteiger partial charge on any atom is 0.389 e. The molecule has 0 aliphatic heterocycles. The summed E-state index contributed by atoms with van der Waals surface area (Å²) in [6.07, 6.45) is 0. The van der Waals surface area contributed by atoms with Gasteiger partial charge in [-0.2, -0.15) is 0 Å². The van der Waals surface area contributed by atoms with Crippen LogP contribution in [0.25, 0.3) is 0 Å². The van der Waals surface area contributed by atoms with E-state index in [-0.39, 0.29) is 0 Å². The molecule has 0 saturated heterocycles. The minimum absolute atomic E-state index is 0.657. The van der Waals surface area contributed by atoms with E-state index in [9.17, 15) is 0 Å². The molecule has 1 aromatic heterocycles. The lowest BCUT2D eigenvalue weighted by atomic mass is 10.3. The van der Waals surface area contributed by atoms with Crippen molar-refractivity contribution in [1.82, 2.24) is 0 Å². The fraction of sp³-hybridized carbons (Fsp3) is 0.267. The molecule has 1 aromatic carbocycles. The first kappa shape index (κ1) is 14.0. The van der Waals surface area contributed by atoms with E-state index in [0.717, 1.165) is 17.1 Å². The molecular weight excluding hydrogens is 252 g/mol. The second-order valence-corrected chi connectivity index (χ2v) is 4.61. The van der Waals surface area contributed by atoms with Gasteiger partial charge in [-0.1, -0.05) is 0 Å². The average Bonchev–Trinajstić information content (AvgIpc) is 2.45. The first-order valence-electron chi connectivity index (χ1n) is 6.37. The lowest BCUT2D eigenvalue weighted by Gasteiger charge is -2.11. The predicted octanol–water partition coefficient (Wildman–Crippen LogP) is 2.82. The zero-order valence-electron chi connectivity index (χ0n) is 12.2. The molecule has 0 amide bonds. The number of anilines is 1. The lowest BCUT2D eigenvalue weighted by molar-refractivity contribution is -0.879. The maximum absolute atomic E-state index is 5.27. The quantitative estimate of drug-likeness (QED) is 0.634. The molecule has 0 unspecified atom stereocenters. The third-order valence-corrected chi connectivity index (χ3v) is 2.93. The normalized spacial score (nSPS) is 10.8. The molecule has 0 saturated carbocycles. The first-order chi connectivity index (χ1) is 9.61. The van der Waals surface area contributed by atoms with Gasteiger partial charge >= 0.3 is 5.82 Å². The molecule has 0 fully saturated rings. The van der Waals surface area contributed by atoms with E-state index in [1.165, 1.54) is 0 Å². The van der Waals surface area contributed by atoms with Crippen LogP contribution in [0.5, 0.6) is 0 Å². The Morgan fingerprint density at radius 3 is 2.30 bits per heavy atom. The van der Waals surface area contributed by atoms with Crippen molar-refractivity contribution in [3.63, 3.8) is 0 Å². The van der Waals surface area contributed by atoms with Gasteiger partial charge < -0.3 is 9.74 Å². The summed E-state index contributed by atoms with van der Waals surface area (Å²) in [5.74, 6) is 0.657. The summed E-state index contributed by atoms with van der Waals surface area (Å²) in [5.41, 5.74) is 2.90. The van der Waals surface area contributed by atoms with E-state index in [2.05, 4.69) is 10.2 Å². The van der Waals surface area contributed by atoms with Gasteiger partial charge in [0.15, 0.2) is 0 Å². The van der Waals surface area contributed by atoms with Gasteiger partial charge in [-0.05, 0) is 46.2 Å². The van der Waals surface area contributed by atoms with Crippen molar-refractivity contribution in [2.45, 2.75) is 6.92 Å². The van der Waals surface area contributed by atoms with Gasteiger partial charge in [0, 0.05) is 32.8 Å². The van der Waals surface area contributed by atoms with E-state index in [1.54, 1.807) is 11.8 Å². The van der Waals surface area contributed by atoms with E-state index in [4.69, 9.17) is 4.84 Å². The molecule has 104 valence electrons. The van der Waals surface area contributed by atoms with Crippen molar-refractivity contribution in [2.75, 3.05) is 26.1 Å². The summed E-state index contributed by atoms with van der Waals surface area (Å²) in [6, 6.07) is 13.6. The number of azo groups is 1. The Morgan fingerprint density at radius 1 is 1.00 bits per heavy atom. The Kier molecular flexibility index (Phi) is 4.30. The molecule has 0 spiro atoms. The molecule has 1 heterocycles. The van der Waals surface area contributed by atoms with Crippen LogP contribution in [0.2, 0.25) is 0 Å². The number of aromatic nitrogens is 1. The summed E-state index contributed by atoms with van der Waals surface area (Å²) in [4.78, 5) is 7.31. The third-order valence-electron chi connectivity index (χ3n) is 2.93. The van der Waals surface area contributed by atoms with Crippen molar-refractivity contribution in [3.8, 4) is 0 Å². The second kappa shape index (κ2) is 6.14. The van der Waals surface area contributed by atoms with Crippen LogP contribution >= 0.6 is 0 Å². The molecule has 0 bridgehead atoms. The number of aryl methyl sites for hydroxylation is 1. The Hall–Kier alpha value is -2.43. The van der Waals surface area contributed by atoms with E-state index in [1.807, 2.05) is 68.4 Å². The van der Waals surface area contributed by atoms with Gasteiger partial charge in [0.05, 0.1) is 5.11 Å². The van der Waals surface area contributed by atoms with Gasteiger partial charge in [0.2, 0.25) is 0 Å². The number of nitrogens with zero attached hydrogens (tertiary/aromatic N) is 4. The number of rotatable bonds is 4. The molecule has 0 aliphatic carbocycles. The highest BCUT2D eigenvalue weighted by Gasteiger charge is 2.12. The predicted molar refractivity (Wildman–Crippen MR) is 78.8 cm³/mol. The topological polar surface area (TPSA) is 41.1 Å². The average molecular weight is 271 g/mol. The van der Waals surface area contributed by atoms with Crippen LogP contribution in [0.15, 0.2) is 52.7 Å². The highest BCUT2D eigenvalue weighted by molar-refractivity contribution is 5.51. The number of pyridine rings is 1. The van der Waals surface area contributed by atoms with Gasteiger partial charge in [-0.25, -0.2) is 0 Å². The van der Waals surface area contributed by atoms with Crippen molar-refractivity contribution in [1.29, 1.82) is 0 Å². The fourth-order valence-corrected chi connectivity index (χ4v) is 1.83. The molecule has 2 rings (SSSR count). The number of benzene rings is 1. The molecule has 0 radical (unpaired) electrons. The Bertz CT molecular complexity index is 606. The molecule has 5 nitrogen and oxygen atoms in total. The van der Waals surface area contributed by atoms with Crippen LogP contribution in [-0.2, 0) is 0 Å². The number of hydrogen-bond donors (Lipinski definition) is 0. The Morgan fingerprint density at radius 2 is 1.70 bits per heavy atom. The van der Waals surface area contributed by atoms with Gasteiger partial charge in [0.1, 0.15) is 18.5 Å². The highest BCUT2D eigenvalue weighted by atomic mass is 16.6. The van der Waals surface area contributed by atoms with Crippen LogP contribution in [0, 0.1) is 6.92 Å². The molecule has 20 heavy (non-hydrogen) atoms. The van der Waals surface area contributed by atoms with Crippen LogP contribution < -0.4 is 14.5 Å². The largest absolute Gasteiger partial charge is 0.389 e. The summed E-state index contributed by atoms with van der Waals surface area (Å²) < 4.78 is 1.64. The van der Waals surface area contributed by atoms with Gasteiger partial charge in [0.25, 0.3) is 0 Å². The lowest BCUT2D eigenvalue weighted by Crippen LogP contribution is -2.43. The van der Waals surface area contributed by atoms with E-state index < -0.39 is 0 Å². The smallest absolute Gasteiger partial charge is 0.378 e. The van der Waals surface area contributed by atoms with Crippen LogP contribution in [0.1, 0.15) is 5.69 Å². The van der Waals surface area contributed by atoms with E-state index >= 15 is 0 Å². The molecule has 0 aliphatic rings. The van der Waals surface area contributed by atoms with Crippen molar-refractivity contribution in [2.24, 2.45) is 10.2 Å². The molecule has 5 heteroatoms. The summed E-state index contributed by atoms with van der Waals surface area (Å²) in [5, 5.41) is 8.46. The highest BCUT2D eigenvalue weighted by Crippen LogP contribution is 2.19. The summed E-state index contributed by atoms with van der Waals surface area (Å²) in [7, 11) is 5.62. The summed E-state index contributed by atoms with van der Waals surface area (Å²) >= 11 is 0. The zero-order valence-corrected chi connectivity index (χ0v) is 12.2. The molecule has 0 atom stereocenters. The third kappa shape index (κ3) is 3.12. The zero-order chi connectivity index (χ0) is 14.5. The fourth-order valence-electron chi connectivity index (χ4n) is 1.83. The Balaban J connectivity index is 2.23. The van der Waals surface area contributed by atoms with Crippen molar-refractivity contribution in [3.05, 3.63) is 48.2 Å². The van der Waals surface area contributed by atoms with Crippen LogP contribution in [0.3, 0.4) is 0 Å². The Labute approximate surface area is 119 Å². The number of hydrogen-bond acceptors (Lipinski definition) is 4.